The number of hydrogen-bond donors (Lipinski definition) is 0. The van der Waals surface area contributed by atoms with Crippen molar-refractivity contribution in [3.05, 3.63) is 33.4 Å². The van der Waals surface area contributed by atoms with Gasteiger partial charge in [-0.15, -0.1) is 11.3 Å². The summed E-state index contributed by atoms with van der Waals surface area (Å²) in [5.41, 5.74) is 0.564. The Morgan fingerprint density at radius 3 is 2.93 bits per heavy atom. The average Bonchev–Trinajstić information content (AvgIpc) is 2.58. The van der Waals surface area contributed by atoms with E-state index in [2.05, 4.69) is 20.8 Å². The molecule has 0 aliphatic rings. The number of methoxy groups -OCH3 is 1. The Hall–Kier alpha value is -1.05. The van der Waals surface area contributed by atoms with E-state index >= 15 is 0 Å². The molecule has 4 heteroatoms. The van der Waals surface area contributed by atoms with E-state index in [1.54, 1.807) is 18.4 Å². The van der Waals surface area contributed by atoms with Crippen LogP contribution in [-0.2, 0) is 0 Å². The molecule has 0 fully saturated rings. The number of thiophene rings is 1. The van der Waals surface area contributed by atoms with Crippen molar-refractivity contribution in [2.45, 2.75) is 0 Å². The van der Waals surface area contributed by atoms with E-state index in [4.69, 9.17) is 11.3 Å². The third-order valence-corrected chi connectivity index (χ3v) is 3.85. The molecule has 0 aliphatic carbocycles. The van der Waals surface area contributed by atoms with Gasteiger partial charge in [-0.1, -0.05) is 0 Å². The third-order valence-electron chi connectivity index (χ3n) is 1.95. The van der Waals surface area contributed by atoms with E-state index in [1.165, 1.54) is 0 Å². The van der Waals surface area contributed by atoms with E-state index in [1.807, 2.05) is 17.5 Å². The van der Waals surface area contributed by atoms with Crippen molar-refractivity contribution >= 4 is 43.0 Å². The molecule has 0 unspecified atom stereocenters. The SMILES string of the molecule is [C-]#[N+]c1cc2scc(Br)c2cc1OC. The van der Waals surface area contributed by atoms with Gasteiger partial charge in [-0.3, -0.25) is 0 Å². The maximum Gasteiger partial charge on any atom is 0.229 e. The lowest BCUT2D eigenvalue weighted by Crippen LogP contribution is -1.81. The van der Waals surface area contributed by atoms with Crippen LogP contribution in [0.15, 0.2) is 22.0 Å². The Morgan fingerprint density at radius 2 is 2.29 bits per heavy atom. The van der Waals surface area contributed by atoms with Crippen LogP contribution in [0.5, 0.6) is 5.75 Å². The molecule has 0 saturated heterocycles. The molecule has 70 valence electrons. The molecule has 2 nitrogen and oxygen atoms in total. The van der Waals surface area contributed by atoms with Crippen LogP contribution in [0.2, 0.25) is 0 Å². The van der Waals surface area contributed by atoms with Crippen molar-refractivity contribution in [3.8, 4) is 5.75 Å². The van der Waals surface area contributed by atoms with Crippen molar-refractivity contribution in [2.75, 3.05) is 7.11 Å². The molecule has 0 saturated carbocycles. The first-order valence-electron chi connectivity index (χ1n) is 3.88. The zero-order valence-electron chi connectivity index (χ0n) is 7.37. The van der Waals surface area contributed by atoms with Gasteiger partial charge in [0.25, 0.3) is 0 Å². The number of fused-ring (bicyclic) bond motifs is 1. The Bertz CT molecular complexity index is 527. The normalized spacial score (nSPS) is 10.1. The average molecular weight is 268 g/mol. The van der Waals surface area contributed by atoms with Crippen LogP contribution in [0.3, 0.4) is 0 Å². The topological polar surface area (TPSA) is 13.6 Å². The fourth-order valence-corrected chi connectivity index (χ4v) is 2.84. The maximum absolute atomic E-state index is 7.01. The molecule has 0 spiro atoms. The molecular weight excluding hydrogens is 262 g/mol. The first kappa shape index (κ1) is 9.50. The molecule has 1 aromatic heterocycles. The minimum atomic E-state index is 0.564. The molecular formula is C10H6BrNOS. The zero-order chi connectivity index (χ0) is 10.1. The molecule has 0 bridgehead atoms. The maximum atomic E-state index is 7.01. The summed E-state index contributed by atoms with van der Waals surface area (Å²) >= 11 is 5.07. The Balaban J connectivity index is 2.79. The van der Waals surface area contributed by atoms with Gasteiger partial charge in [0.05, 0.1) is 13.7 Å². The number of rotatable bonds is 1. The summed E-state index contributed by atoms with van der Waals surface area (Å²) in [5.74, 6) is 0.631. The highest BCUT2D eigenvalue weighted by Crippen LogP contribution is 2.38. The molecule has 2 aromatic rings. The lowest BCUT2D eigenvalue weighted by molar-refractivity contribution is 0.418. The van der Waals surface area contributed by atoms with E-state index in [0.717, 1.165) is 14.6 Å². The summed E-state index contributed by atoms with van der Waals surface area (Å²) in [5, 5.41) is 3.11. The van der Waals surface area contributed by atoms with E-state index in [-0.39, 0.29) is 0 Å². The van der Waals surface area contributed by atoms with Crippen molar-refractivity contribution in [1.82, 2.24) is 0 Å². The van der Waals surface area contributed by atoms with E-state index in [9.17, 15) is 0 Å². The summed E-state index contributed by atoms with van der Waals surface area (Å²) in [7, 11) is 1.58. The lowest BCUT2D eigenvalue weighted by Gasteiger charge is -2.02. The minimum Gasteiger partial charge on any atom is -0.508 e. The first-order valence-corrected chi connectivity index (χ1v) is 5.55. The summed E-state index contributed by atoms with van der Waals surface area (Å²) in [6.07, 6.45) is 0. The van der Waals surface area contributed by atoms with Crippen LogP contribution in [0.1, 0.15) is 0 Å². The third kappa shape index (κ3) is 1.39. The molecule has 1 heterocycles. The number of halogens is 1. The molecule has 1 aromatic carbocycles. The largest absolute Gasteiger partial charge is 0.508 e. The second-order valence-electron chi connectivity index (χ2n) is 2.72. The number of hydrogen-bond acceptors (Lipinski definition) is 2. The van der Waals surface area contributed by atoms with Crippen LogP contribution in [0.25, 0.3) is 14.9 Å². The Morgan fingerprint density at radius 1 is 1.50 bits per heavy atom. The summed E-state index contributed by atoms with van der Waals surface area (Å²) in [4.78, 5) is 3.42. The molecule has 0 amide bonds. The Labute approximate surface area is 94.1 Å². The van der Waals surface area contributed by atoms with Gasteiger partial charge in [-0.2, -0.15) is 0 Å². The zero-order valence-corrected chi connectivity index (χ0v) is 9.78. The van der Waals surface area contributed by atoms with Gasteiger partial charge in [-0.25, -0.2) is 4.85 Å². The molecule has 0 atom stereocenters. The van der Waals surface area contributed by atoms with Gasteiger partial charge in [0, 0.05) is 19.9 Å². The van der Waals surface area contributed by atoms with Crippen molar-refractivity contribution in [2.24, 2.45) is 0 Å². The molecule has 2 rings (SSSR count). The number of benzene rings is 1. The molecule has 0 aliphatic heterocycles. The van der Waals surface area contributed by atoms with E-state index < -0.39 is 0 Å². The van der Waals surface area contributed by atoms with Gasteiger partial charge >= 0.3 is 0 Å². The minimum absolute atomic E-state index is 0.564. The van der Waals surface area contributed by atoms with Crippen LogP contribution in [0.4, 0.5) is 5.69 Å². The predicted octanol–water partition coefficient (Wildman–Crippen LogP) is 4.22. The highest BCUT2D eigenvalue weighted by atomic mass is 79.9. The summed E-state index contributed by atoms with van der Waals surface area (Å²) in [6.45, 7) is 7.01. The van der Waals surface area contributed by atoms with E-state index in [0.29, 0.717) is 11.4 Å². The van der Waals surface area contributed by atoms with Gasteiger partial charge in [0.1, 0.15) is 5.75 Å². The van der Waals surface area contributed by atoms with Gasteiger partial charge in [0.2, 0.25) is 5.69 Å². The fraction of sp³-hybridized carbons (Fsp3) is 0.100. The molecule has 0 N–H and O–H groups in total. The highest BCUT2D eigenvalue weighted by molar-refractivity contribution is 9.10. The monoisotopic (exact) mass is 267 g/mol. The van der Waals surface area contributed by atoms with Crippen LogP contribution >= 0.6 is 27.3 Å². The fourth-order valence-electron chi connectivity index (χ4n) is 1.26. The van der Waals surface area contributed by atoms with Crippen molar-refractivity contribution in [1.29, 1.82) is 0 Å². The van der Waals surface area contributed by atoms with Gasteiger partial charge < -0.3 is 4.74 Å². The van der Waals surface area contributed by atoms with Crippen molar-refractivity contribution in [3.63, 3.8) is 0 Å². The predicted molar refractivity (Wildman–Crippen MR) is 62.3 cm³/mol. The quantitative estimate of drug-likeness (QED) is 0.706. The van der Waals surface area contributed by atoms with Gasteiger partial charge in [-0.05, 0) is 28.1 Å². The number of ether oxygens (including phenoxy) is 1. The van der Waals surface area contributed by atoms with Gasteiger partial charge in [0.15, 0.2) is 0 Å². The summed E-state index contributed by atoms with van der Waals surface area (Å²) in [6, 6.07) is 3.75. The molecule has 0 radical (unpaired) electrons. The number of nitrogens with zero attached hydrogens (tertiary/aromatic N) is 1. The van der Waals surface area contributed by atoms with Crippen molar-refractivity contribution < 1.29 is 4.74 Å². The highest BCUT2D eigenvalue weighted by Gasteiger charge is 2.08. The second kappa shape index (κ2) is 3.60. The first-order chi connectivity index (χ1) is 6.76. The lowest BCUT2D eigenvalue weighted by atomic mass is 10.2. The summed E-state index contributed by atoms with van der Waals surface area (Å²) < 4.78 is 7.29. The smallest absolute Gasteiger partial charge is 0.229 e. The standard InChI is InChI=1S/C10H6BrNOS/c1-12-8-4-10-6(3-9(8)13-2)7(11)5-14-10/h3-5H,2H3. The van der Waals surface area contributed by atoms with Crippen LogP contribution in [-0.4, -0.2) is 7.11 Å². The van der Waals surface area contributed by atoms with Crippen LogP contribution in [0, 0.1) is 6.57 Å². The molecule has 14 heavy (non-hydrogen) atoms. The Kier molecular flexibility index (Phi) is 2.44. The van der Waals surface area contributed by atoms with Crippen LogP contribution < -0.4 is 4.74 Å². The second-order valence-corrected chi connectivity index (χ2v) is 4.48.